The molecule has 0 aliphatic rings. The second-order valence-electron chi connectivity index (χ2n) is 3.54. The highest BCUT2D eigenvalue weighted by atomic mass is 16.5. The van der Waals surface area contributed by atoms with Crippen LogP contribution in [0.2, 0.25) is 0 Å². The summed E-state index contributed by atoms with van der Waals surface area (Å²) in [7, 11) is 1.70. The fourth-order valence-electron chi connectivity index (χ4n) is 1.21. The molecule has 0 saturated carbocycles. The van der Waals surface area contributed by atoms with E-state index >= 15 is 0 Å². The van der Waals surface area contributed by atoms with Crippen molar-refractivity contribution in [1.29, 1.82) is 0 Å². The highest BCUT2D eigenvalue weighted by molar-refractivity contribution is 4.60. The van der Waals surface area contributed by atoms with E-state index in [1.54, 1.807) is 7.11 Å². The molecule has 12 heavy (non-hydrogen) atoms. The molecule has 0 aromatic rings. The molecule has 74 valence electrons. The molecule has 0 aromatic carbocycles. The minimum Gasteiger partial charge on any atom is -0.393 e. The minimum absolute atomic E-state index is 0.130. The Labute approximate surface area is 75.9 Å². The van der Waals surface area contributed by atoms with E-state index in [4.69, 9.17) is 4.74 Å². The first-order valence-electron chi connectivity index (χ1n) is 4.87. The zero-order valence-electron chi connectivity index (χ0n) is 8.55. The number of hydrogen-bond donors (Lipinski definition) is 1. The summed E-state index contributed by atoms with van der Waals surface area (Å²) in [6, 6.07) is 0. The molecule has 0 aromatic heterocycles. The zero-order chi connectivity index (χ0) is 9.40. The first-order valence-corrected chi connectivity index (χ1v) is 4.87. The van der Waals surface area contributed by atoms with Gasteiger partial charge in [0, 0.05) is 13.7 Å². The fourth-order valence-corrected chi connectivity index (χ4v) is 1.21. The first kappa shape index (κ1) is 11.9. The van der Waals surface area contributed by atoms with Gasteiger partial charge in [-0.2, -0.15) is 0 Å². The molecule has 0 radical (unpaired) electrons. The summed E-state index contributed by atoms with van der Waals surface area (Å²) >= 11 is 0. The van der Waals surface area contributed by atoms with Crippen LogP contribution >= 0.6 is 0 Å². The van der Waals surface area contributed by atoms with Crippen LogP contribution in [0.5, 0.6) is 0 Å². The monoisotopic (exact) mass is 174 g/mol. The molecular weight excluding hydrogens is 152 g/mol. The van der Waals surface area contributed by atoms with Crippen LogP contribution in [-0.2, 0) is 4.74 Å². The van der Waals surface area contributed by atoms with Crippen LogP contribution in [0.25, 0.3) is 0 Å². The summed E-state index contributed by atoms with van der Waals surface area (Å²) in [5, 5.41) is 9.52. The van der Waals surface area contributed by atoms with Gasteiger partial charge in [-0.3, -0.25) is 0 Å². The Hall–Kier alpha value is -0.0800. The molecule has 0 aliphatic heterocycles. The fraction of sp³-hybridized carbons (Fsp3) is 1.00. The SMILES string of the molecule is CCC(C)CC(O)CCCOC. The van der Waals surface area contributed by atoms with E-state index in [1.165, 1.54) is 0 Å². The highest BCUT2D eigenvalue weighted by Gasteiger charge is 2.07. The van der Waals surface area contributed by atoms with Gasteiger partial charge in [0.25, 0.3) is 0 Å². The van der Waals surface area contributed by atoms with E-state index in [0.717, 1.165) is 32.3 Å². The minimum atomic E-state index is -0.130. The van der Waals surface area contributed by atoms with Gasteiger partial charge in [-0.25, -0.2) is 0 Å². The Morgan fingerprint density at radius 3 is 2.58 bits per heavy atom. The van der Waals surface area contributed by atoms with Crippen LogP contribution in [0.3, 0.4) is 0 Å². The molecule has 0 bridgehead atoms. The van der Waals surface area contributed by atoms with Gasteiger partial charge in [-0.15, -0.1) is 0 Å². The maximum atomic E-state index is 9.52. The predicted molar refractivity (Wildman–Crippen MR) is 51.2 cm³/mol. The van der Waals surface area contributed by atoms with E-state index in [2.05, 4.69) is 13.8 Å². The van der Waals surface area contributed by atoms with Gasteiger partial charge in [0.05, 0.1) is 6.10 Å². The van der Waals surface area contributed by atoms with Crippen molar-refractivity contribution in [1.82, 2.24) is 0 Å². The van der Waals surface area contributed by atoms with Gasteiger partial charge in [0.15, 0.2) is 0 Å². The summed E-state index contributed by atoms with van der Waals surface area (Å²) in [6.45, 7) is 5.10. The van der Waals surface area contributed by atoms with Crippen LogP contribution in [0.4, 0.5) is 0 Å². The number of aliphatic hydroxyl groups excluding tert-OH is 1. The molecule has 0 spiro atoms. The Morgan fingerprint density at radius 1 is 1.42 bits per heavy atom. The molecule has 0 rings (SSSR count). The third kappa shape index (κ3) is 6.62. The molecule has 2 atom stereocenters. The van der Waals surface area contributed by atoms with Crippen LogP contribution in [0.1, 0.15) is 39.5 Å². The van der Waals surface area contributed by atoms with Crippen molar-refractivity contribution in [3.05, 3.63) is 0 Å². The van der Waals surface area contributed by atoms with Crippen LogP contribution < -0.4 is 0 Å². The summed E-state index contributed by atoms with van der Waals surface area (Å²) < 4.78 is 4.91. The molecule has 1 N–H and O–H groups in total. The lowest BCUT2D eigenvalue weighted by atomic mass is 9.99. The standard InChI is InChI=1S/C10H22O2/c1-4-9(2)8-10(11)6-5-7-12-3/h9-11H,4-8H2,1-3H3. The van der Waals surface area contributed by atoms with Gasteiger partial charge in [0.2, 0.25) is 0 Å². The average molecular weight is 174 g/mol. The molecule has 2 nitrogen and oxygen atoms in total. The second-order valence-corrected chi connectivity index (χ2v) is 3.54. The Morgan fingerprint density at radius 2 is 2.08 bits per heavy atom. The lowest BCUT2D eigenvalue weighted by Crippen LogP contribution is -2.11. The molecule has 0 aliphatic carbocycles. The quantitative estimate of drug-likeness (QED) is 0.600. The van der Waals surface area contributed by atoms with Gasteiger partial charge in [0.1, 0.15) is 0 Å². The van der Waals surface area contributed by atoms with Crippen LogP contribution in [0, 0.1) is 5.92 Å². The highest BCUT2D eigenvalue weighted by Crippen LogP contribution is 2.12. The summed E-state index contributed by atoms with van der Waals surface area (Å²) in [5.74, 6) is 0.641. The lowest BCUT2D eigenvalue weighted by Gasteiger charge is -2.14. The van der Waals surface area contributed by atoms with Gasteiger partial charge >= 0.3 is 0 Å². The van der Waals surface area contributed by atoms with Crippen molar-refractivity contribution >= 4 is 0 Å². The Kier molecular flexibility index (Phi) is 7.51. The number of methoxy groups -OCH3 is 1. The lowest BCUT2D eigenvalue weighted by molar-refractivity contribution is 0.115. The average Bonchev–Trinajstić information content (AvgIpc) is 2.05. The predicted octanol–water partition coefficient (Wildman–Crippen LogP) is 2.21. The molecule has 2 heteroatoms. The first-order chi connectivity index (χ1) is 5.70. The van der Waals surface area contributed by atoms with Crippen LogP contribution in [-0.4, -0.2) is 24.9 Å². The maximum Gasteiger partial charge on any atom is 0.0543 e. The topological polar surface area (TPSA) is 29.5 Å². The van der Waals surface area contributed by atoms with Crippen molar-refractivity contribution < 1.29 is 9.84 Å². The van der Waals surface area contributed by atoms with Crippen molar-refractivity contribution in [3.8, 4) is 0 Å². The third-order valence-corrected chi connectivity index (χ3v) is 2.26. The van der Waals surface area contributed by atoms with Crippen molar-refractivity contribution in [3.63, 3.8) is 0 Å². The molecule has 2 unspecified atom stereocenters. The van der Waals surface area contributed by atoms with Gasteiger partial charge in [-0.05, 0) is 25.2 Å². The van der Waals surface area contributed by atoms with Crippen LogP contribution in [0.15, 0.2) is 0 Å². The molecule has 0 fully saturated rings. The zero-order valence-corrected chi connectivity index (χ0v) is 8.55. The Bertz CT molecular complexity index is 93.8. The largest absolute Gasteiger partial charge is 0.393 e. The summed E-state index contributed by atoms with van der Waals surface area (Å²) in [4.78, 5) is 0. The second kappa shape index (κ2) is 7.56. The number of hydrogen-bond acceptors (Lipinski definition) is 2. The normalized spacial score (nSPS) is 16.0. The van der Waals surface area contributed by atoms with Crippen molar-refractivity contribution in [2.75, 3.05) is 13.7 Å². The van der Waals surface area contributed by atoms with Crippen molar-refractivity contribution in [2.45, 2.75) is 45.6 Å². The maximum absolute atomic E-state index is 9.52. The van der Waals surface area contributed by atoms with Crippen molar-refractivity contribution in [2.24, 2.45) is 5.92 Å². The van der Waals surface area contributed by atoms with E-state index in [9.17, 15) is 5.11 Å². The molecule has 0 saturated heterocycles. The Balaban J connectivity index is 3.26. The summed E-state index contributed by atoms with van der Waals surface area (Å²) in [6.07, 6.45) is 3.79. The third-order valence-electron chi connectivity index (χ3n) is 2.26. The molecule has 0 heterocycles. The van der Waals surface area contributed by atoms with E-state index in [0.29, 0.717) is 5.92 Å². The van der Waals surface area contributed by atoms with E-state index in [-0.39, 0.29) is 6.10 Å². The molecule has 0 amide bonds. The molecular formula is C10H22O2. The van der Waals surface area contributed by atoms with Gasteiger partial charge < -0.3 is 9.84 Å². The smallest absolute Gasteiger partial charge is 0.0543 e. The number of aliphatic hydroxyl groups is 1. The van der Waals surface area contributed by atoms with E-state index in [1.807, 2.05) is 0 Å². The van der Waals surface area contributed by atoms with E-state index < -0.39 is 0 Å². The number of rotatable bonds is 7. The van der Waals surface area contributed by atoms with Gasteiger partial charge in [-0.1, -0.05) is 20.3 Å². The summed E-state index contributed by atoms with van der Waals surface area (Å²) in [5.41, 5.74) is 0. The number of ether oxygens (including phenoxy) is 1.